The van der Waals surface area contributed by atoms with Crippen molar-refractivity contribution in [3.8, 4) is 0 Å². The molecule has 1 aromatic rings. The van der Waals surface area contributed by atoms with Crippen molar-refractivity contribution in [1.82, 2.24) is 10.6 Å². The van der Waals surface area contributed by atoms with Gasteiger partial charge in [0.25, 0.3) is 5.91 Å². The summed E-state index contributed by atoms with van der Waals surface area (Å²) in [6, 6.07) is 2.68. The van der Waals surface area contributed by atoms with Crippen molar-refractivity contribution in [2.24, 2.45) is 0 Å². The first-order chi connectivity index (χ1) is 9.54. The van der Waals surface area contributed by atoms with E-state index >= 15 is 0 Å². The Morgan fingerprint density at radius 2 is 2.15 bits per heavy atom. The summed E-state index contributed by atoms with van der Waals surface area (Å²) in [4.78, 5) is 35.0. The van der Waals surface area contributed by atoms with Gasteiger partial charge in [-0.2, -0.15) is 0 Å². The molecule has 6 nitrogen and oxygen atoms in total. The average molecular weight is 298 g/mol. The summed E-state index contributed by atoms with van der Waals surface area (Å²) in [6.07, 6.45) is 0.824. The molecule has 0 unspecified atom stereocenters. The molecule has 110 valence electrons. The number of amides is 2. The van der Waals surface area contributed by atoms with Crippen LogP contribution in [0.1, 0.15) is 29.9 Å². The first-order valence-electron chi connectivity index (χ1n) is 6.32. The molecule has 2 N–H and O–H groups in total. The molecule has 0 radical (unpaired) electrons. The first-order valence-corrected chi connectivity index (χ1v) is 7.20. The van der Waals surface area contributed by atoms with Gasteiger partial charge in [0.05, 0.1) is 0 Å². The molecule has 1 atom stereocenters. The summed E-state index contributed by atoms with van der Waals surface area (Å²) >= 11 is 1.24. The molecule has 7 heteroatoms. The van der Waals surface area contributed by atoms with Gasteiger partial charge in [-0.15, -0.1) is 11.3 Å². The zero-order valence-corrected chi connectivity index (χ0v) is 12.3. The molecule has 0 saturated carbocycles. The maximum absolute atomic E-state index is 11.5. The van der Waals surface area contributed by atoms with Crippen molar-refractivity contribution in [1.29, 1.82) is 0 Å². The third-order valence-electron chi connectivity index (χ3n) is 2.38. The summed E-state index contributed by atoms with van der Waals surface area (Å²) in [5.41, 5.74) is 0. The Bertz CT molecular complexity index is 459. The highest BCUT2D eigenvalue weighted by Crippen LogP contribution is 2.09. The van der Waals surface area contributed by atoms with Crippen LogP contribution >= 0.6 is 11.3 Å². The molecular weight excluding hydrogens is 280 g/mol. The third-order valence-corrected chi connectivity index (χ3v) is 3.23. The molecule has 1 heterocycles. The molecule has 1 aromatic heterocycles. The predicted molar refractivity (Wildman–Crippen MR) is 75.5 cm³/mol. The average Bonchev–Trinajstić information content (AvgIpc) is 2.96. The number of esters is 1. The molecule has 20 heavy (non-hydrogen) atoms. The van der Waals surface area contributed by atoms with E-state index in [9.17, 15) is 14.4 Å². The van der Waals surface area contributed by atoms with Crippen LogP contribution < -0.4 is 10.6 Å². The van der Waals surface area contributed by atoms with Crippen LogP contribution in [0.3, 0.4) is 0 Å². The number of ether oxygens (including phenoxy) is 1. The largest absolute Gasteiger partial charge is 0.451 e. The lowest BCUT2D eigenvalue weighted by atomic mass is 10.3. The second-order valence-electron chi connectivity index (χ2n) is 4.13. The number of rotatable bonds is 7. The minimum absolute atomic E-state index is 0.259. The fourth-order valence-electron chi connectivity index (χ4n) is 1.35. The number of carbonyl (C=O) groups excluding carboxylic acids is 3. The van der Waals surface area contributed by atoms with E-state index in [0.717, 1.165) is 6.42 Å². The molecule has 0 saturated heterocycles. The zero-order valence-electron chi connectivity index (χ0n) is 11.5. The number of hydrogen-bond donors (Lipinski definition) is 2. The first kappa shape index (κ1) is 16.2. The van der Waals surface area contributed by atoms with Gasteiger partial charge in [-0.3, -0.25) is 9.59 Å². The maximum Gasteiger partial charge on any atom is 0.348 e. The molecular formula is C13H18N2O4S. The SMILES string of the molecule is CCCNC(=O)[C@H](C)NC(=O)COC(=O)c1cccs1. The lowest BCUT2D eigenvalue weighted by Crippen LogP contribution is -2.46. The normalized spacial score (nSPS) is 11.5. The Kier molecular flexibility index (Phi) is 6.72. The standard InChI is InChI=1S/C13H18N2O4S/c1-3-6-14-12(17)9(2)15-11(16)8-19-13(18)10-5-4-7-20-10/h4-5,7,9H,3,6,8H2,1-2H3,(H,14,17)(H,15,16)/t9-/m0/s1. The Labute approximate surface area is 121 Å². The van der Waals surface area contributed by atoms with Crippen molar-refractivity contribution >= 4 is 29.1 Å². The fraction of sp³-hybridized carbons (Fsp3) is 0.462. The number of nitrogens with one attached hydrogen (secondary N) is 2. The number of hydrogen-bond acceptors (Lipinski definition) is 5. The molecule has 1 rings (SSSR count). The van der Waals surface area contributed by atoms with Gasteiger partial charge in [0.15, 0.2) is 6.61 Å². The molecule has 0 aromatic carbocycles. The van der Waals surface area contributed by atoms with Gasteiger partial charge in [0, 0.05) is 6.54 Å². The van der Waals surface area contributed by atoms with E-state index in [1.807, 2.05) is 6.92 Å². The summed E-state index contributed by atoms with van der Waals surface area (Å²) < 4.78 is 4.84. The Morgan fingerprint density at radius 3 is 2.75 bits per heavy atom. The minimum Gasteiger partial charge on any atom is -0.451 e. The van der Waals surface area contributed by atoms with Gasteiger partial charge in [-0.25, -0.2) is 4.79 Å². The highest BCUT2D eigenvalue weighted by Gasteiger charge is 2.16. The Hall–Kier alpha value is -1.89. The van der Waals surface area contributed by atoms with Gasteiger partial charge in [-0.05, 0) is 24.8 Å². The van der Waals surface area contributed by atoms with Gasteiger partial charge in [0.1, 0.15) is 10.9 Å². The molecule has 0 aliphatic heterocycles. The van der Waals surface area contributed by atoms with Crippen LogP contribution in [0.15, 0.2) is 17.5 Å². The van der Waals surface area contributed by atoms with Gasteiger partial charge >= 0.3 is 5.97 Å². The van der Waals surface area contributed by atoms with Crippen LogP contribution in [0.25, 0.3) is 0 Å². The van der Waals surface area contributed by atoms with Crippen LogP contribution in [0.4, 0.5) is 0 Å². The van der Waals surface area contributed by atoms with E-state index < -0.39 is 24.5 Å². The zero-order chi connectivity index (χ0) is 15.0. The van der Waals surface area contributed by atoms with Crippen molar-refractivity contribution in [2.75, 3.05) is 13.2 Å². The van der Waals surface area contributed by atoms with E-state index in [-0.39, 0.29) is 5.91 Å². The van der Waals surface area contributed by atoms with Crippen LogP contribution in [-0.2, 0) is 14.3 Å². The molecule has 0 fully saturated rings. The van der Waals surface area contributed by atoms with Crippen LogP contribution in [-0.4, -0.2) is 37.0 Å². The summed E-state index contributed by atoms with van der Waals surface area (Å²) in [5, 5.41) is 6.88. The van der Waals surface area contributed by atoms with Crippen molar-refractivity contribution in [3.63, 3.8) is 0 Å². The molecule has 0 aliphatic carbocycles. The van der Waals surface area contributed by atoms with E-state index in [1.165, 1.54) is 11.3 Å². The Balaban J connectivity index is 2.29. The second kappa shape index (κ2) is 8.31. The molecule has 0 aliphatic rings. The second-order valence-corrected chi connectivity index (χ2v) is 5.08. The maximum atomic E-state index is 11.5. The quantitative estimate of drug-likeness (QED) is 0.734. The van der Waals surface area contributed by atoms with Crippen LogP contribution in [0, 0.1) is 0 Å². The van der Waals surface area contributed by atoms with E-state index in [1.54, 1.807) is 24.4 Å². The van der Waals surface area contributed by atoms with Gasteiger partial charge < -0.3 is 15.4 Å². The Morgan fingerprint density at radius 1 is 1.40 bits per heavy atom. The van der Waals surface area contributed by atoms with E-state index in [2.05, 4.69) is 10.6 Å². The number of thiophene rings is 1. The lowest BCUT2D eigenvalue weighted by molar-refractivity contribution is -0.130. The van der Waals surface area contributed by atoms with Crippen molar-refractivity contribution < 1.29 is 19.1 Å². The summed E-state index contributed by atoms with van der Waals surface area (Å²) in [6.45, 7) is 3.67. The number of carbonyl (C=O) groups is 3. The van der Waals surface area contributed by atoms with E-state index in [4.69, 9.17) is 4.74 Å². The minimum atomic E-state index is -0.658. The van der Waals surface area contributed by atoms with E-state index in [0.29, 0.717) is 11.4 Å². The summed E-state index contributed by atoms with van der Waals surface area (Å²) in [7, 11) is 0. The topological polar surface area (TPSA) is 84.5 Å². The third kappa shape index (κ3) is 5.40. The van der Waals surface area contributed by atoms with Crippen LogP contribution in [0.2, 0.25) is 0 Å². The van der Waals surface area contributed by atoms with Gasteiger partial charge in [-0.1, -0.05) is 13.0 Å². The fourth-order valence-corrected chi connectivity index (χ4v) is 1.96. The van der Waals surface area contributed by atoms with Crippen molar-refractivity contribution in [2.45, 2.75) is 26.3 Å². The van der Waals surface area contributed by atoms with Crippen molar-refractivity contribution in [3.05, 3.63) is 22.4 Å². The summed E-state index contributed by atoms with van der Waals surface area (Å²) in [5.74, 6) is -1.31. The predicted octanol–water partition coefficient (Wildman–Crippen LogP) is 0.936. The smallest absolute Gasteiger partial charge is 0.348 e. The lowest BCUT2D eigenvalue weighted by Gasteiger charge is -2.13. The highest BCUT2D eigenvalue weighted by atomic mass is 32.1. The molecule has 2 amide bonds. The molecule has 0 bridgehead atoms. The molecule has 0 spiro atoms. The highest BCUT2D eigenvalue weighted by molar-refractivity contribution is 7.11. The van der Waals surface area contributed by atoms with Crippen LogP contribution in [0.5, 0.6) is 0 Å². The monoisotopic (exact) mass is 298 g/mol. The van der Waals surface area contributed by atoms with Gasteiger partial charge in [0.2, 0.25) is 5.91 Å².